The van der Waals surface area contributed by atoms with Gasteiger partial charge in [-0.05, 0) is 24.3 Å². The van der Waals surface area contributed by atoms with Crippen LogP contribution in [-0.2, 0) is 7.05 Å². The molecule has 4 nitrogen and oxygen atoms in total. The predicted molar refractivity (Wildman–Crippen MR) is 73.9 cm³/mol. The molecule has 98 valence electrons. The molecule has 1 aliphatic heterocycles. The summed E-state index contributed by atoms with van der Waals surface area (Å²) in [6.07, 6.45) is 1.89. The van der Waals surface area contributed by atoms with Gasteiger partial charge in [-0.25, -0.2) is 0 Å². The largest absolute Gasteiger partial charge is 0.490 e. The average molecular weight is 256 g/mol. The Morgan fingerprint density at radius 1 is 1.26 bits per heavy atom. The van der Waals surface area contributed by atoms with Crippen molar-refractivity contribution in [2.45, 2.75) is 0 Å². The molecule has 0 saturated carbocycles. The first-order chi connectivity index (χ1) is 9.25. The zero-order valence-corrected chi connectivity index (χ0v) is 10.9. The van der Waals surface area contributed by atoms with Gasteiger partial charge >= 0.3 is 0 Å². The summed E-state index contributed by atoms with van der Waals surface area (Å²) in [4.78, 5) is 14.4. The smallest absolute Gasteiger partial charge is 0.198 e. The van der Waals surface area contributed by atoms with Crippen molar-refractivity contribution >= 4 is 11.5 Å². The molecule has 1 aromatic heterocycles. The van der Waals surface area contributed by atoms with Crippen molar-refractivity contribution in [3.63, 3.8) is 0 Å². The van der Waals surface area contributed by atoms with Gasteiger partial charge in [0.25, 0.3) is 0 Å². The van der Waals surface area contributed by atoms with Crippen molar-refractivity contribution in [3.8, 4) is 5.75 Å². The second-order valence-corrected chi connectivity index (χ2v) is 4.67. The van der Waals surface area contributed by atoms with E-state index in [1.807, 2.05) is 54.2 Å². The zero-order valence-electron chi connectivity index (χ0n) is 10.9. The second-order valence-electron chi connectivity index (χ2n) is 4.67. The SMILES string of the molecule is Cn1cccc1C(=O)CN1CCOc2ccccc21. The molecule has 3 rings (SSSR count). The predicted octanol–water partition coefficient (Wildman–Crippen LogP) is 2.11. The van der Waals surface area contributed by atoms with Gasteiger partial charge in [-0.2, -0.15) is 0 Å². The van der Waals surface area contributed by atoms with Crippen LogP contribution in [-0.4, -0.2) is 30.0 Å². The first-order valence-electron chi connectivity index (χ1n) is 6.37. The minimum Gasteiger partial charge on any atom is -0.490 e. The molecule has 4 heteroatoms. The molecule has 2 aromatic rings. The van der Waals surface area contributed by atoms with Gasteiger partial charge < -0.3 is 14.2 Å². The summed E-state index contributed by atoms with van der Waals surface area (Å²) in [6, 6.07) is 11.6. The monoisotopic (exact) mass is 256 g/mol. The third-order valence-electron chi connectivity index (χ3n) is 3.39. The summed E-state index contributed by atoms with van der Waals surface area (Å²) in [5, 5.41) is 0. The zero-order chi connectivity index (χ0) is 13.2. The Kier molecular flexibility index (Phi) is 2.99. The molecular weight excluding hydrogens is 240 g/mol. The Labute approximate surface area is 112 Å². The highest BCUT2D eigenvalue weighted by Gasteiger charge is 2.21. The van der Waals surface area contributed by atoms with Gasteiger partial charge in [-0.1, -0.05) is 12.1 Å². The third kappa shape index (κ3) is 2.21. The molecule has 0 atom stereocenters. The molecular formula is C15H16N2O2. The van der Waals surface area contributed by atoms with Gasteiger partial charge in [-0.15, -0.1) is 0 Å². The van der Waals surface area contributed by atoms with Crippen LogP contribution in [0.4, 0.5) is 5.69 Å². The highest BCUT2D eigenvalue weighted by Crippen LogP contribution is 2.30. The van der Waals surface area contributed by atoms with Crippen LogP contribution in [0.25, 0.3) is 0 Å². The van der Waals surface area contributed by atoms with Gasteiger partial charge in [-0.3, -0.25) is 4.79 Å². The van der Waals surface area contributed by atoms with Gasteiger partial charge in [0, 0.05) is 13.2 Å². The van der Waals surface area contributed by atoms with E-state index in [-0.39, 0.29) is 5.78 Å². The van der Waals surface area contributed by atoms with E-state index in [1.165, 1.54) is 0 Å². The molecule has 0 aliphatic carbocycles. The van der Waals surface area contributed by atoms with Crippen molar-refractivity contribution in [2.75, 3.05) is 24.6 Å². The van der Waals surface area contributed by atoms with Crippen molar-refractivity contribution in [1.29, 1.82) is 0 Å². The van der Waals surface area contributed by atoms with Crippen LogP contribution in [0.2, 0.25) is 0 Å². The molecule has 0 bridgehead atoms. The van der Waals surface area contributed by atoms with Crippen LogP contribution in [0, 0.1) is 0 Å². The van der Waals surface area contributed by atoms with E-state index >= 15 is 0 Å². The number of benzene rings is 1. The molecule has 2 heterocycles. The lowest BCUT2D eigenvalue weighted by Gasteiger charge is -2.30. The lowest BCUT2D eigenvalue weighted by molar-refractivity contribution is 0.0989. The van der Waals surface area contributed by atoms with Crippen LogP contribution in [0.15, 0.2) is 42.6 Å². The van der Waals surface area contributed by atoms with Crippen molar-refractivity contribution < 1.29 is 9.53 Å². The fraction of sp³-hybridized carbons (Fsp3) is 0.267. The number of hydrogen-bond donors (Lipinski definition) is 0. The number of carbonyl (C=O) groups is 1. The van der Waals surface area contributed by atoms with E-state index in [9.17, 15) is 4.79 Å². The molecule has 0 unspecified atom stereocenters. The fourth-order valence-corrected chi connectivity index (χ4v) is 2.40. The Morgan fingerprint density at radius 3 is 2.89 bits per heavy atom. The van der Waals surface area contributed by atoms with Crippen LogP contribution in [0.3, 0.4) is 0 Å². The number of ether oxygens (including phenoxy) is 1. The Morgan fingerprint density at radius 2 is 2.11 bits per heavy atom. The summed E-state index contributed by atoms with van der Waals surface area (Å²) in [5.74, 6) is 0.984. The number of para-hydroxylation sites is 2. The van der Waals surface area contributed by atoms with Crippen LogP contribution in [0.1, 0.15) is 10.5 Å². The third-order valence-corrected chi connectivity index (χ3v) is 3.39. The van der Waals surface area contributed by atoms with Gasteiger partial charge in [0.05, 0.1) is 24.5 Å². The van der Waals surface area contributed by atoms with Crippen LogP contribution < -0.4 is 9.64 Å². The van der Waals surface area contributed by atoms with E-state index in [1.54, 1.807) is 0 Å². The number of ketones is 1. The number of carbonyl (C=O) groups excluding carboxylic acids is 1. The summed E-state index contributed by atoms with van der Waals surface area (Å²) in [7, 11) is 1.89. The number of rotatable bonds is 3. The molecule has 0 radical (unpaired) electrons. The molecule has 0 N–H and O–H groups in total. The second kappa shape index (κ2) is 4.80. The minimum atomic E-state index is 0.129. The number of anilines is 1. The molecule has 0 saturated heterocycles. The normalized spacial score (nSPS) is 13.8. The van der Waals surface area contributed by atoms with E-state index in [0.29, 0.717) is 13.2 Å². The minimum absolute atomic E-state index is 0.129. The number of Topliss-reactive ketones (excluding diaryl/α,β-unsaturated/α-hetero) is 1. The van der Waals surface area contributed by atoms with Crippen molar-refractivity contribution in [2.24, 2.45) is 7.05 Å². The van der Waals surface area contributed by atoms with E-state index in [0.717, 1.165) is 23.7 Å². The number of fused-ring (bicyclic) bond motifs is 1. The molecule has 0 fully saturated rings. The number of aromatic nitrogens is 1. The van der Waals surface area contributed by atoms with Crippen LogP contribution in [0.5, 0.6) is 5.75 Å². The van der Waals surface area contributed by atoms with Crippen LogP contribution >= 0.6 is 0 Å². The Hall–Kier alpha value is -2.23. The maximum atomic E-state index is 12.3. The standard InChI is InChI=1S/C15H16N2O2/c1-16-8-4-6-12(16)14(18)11-17-9-10-19-15-7-3-2-5-13(15)17/h2-8H,9-11H2,1H3. The summed E-state index contributed by atoms with van der Waals surface area (Å²) < 4.78 is 7.45. The first kappa shape index (κ1) is 11.8. The first-order valence-corrected chi connectivity index (χ1v) is 6.37. The van der Waals surface area contributed by atoms with E-state index < -0.39 is 0 Å². The quantitative estimate of drug-likeness (QED) is 0.789. The van der Waals surface area contributed by atoms with E-state index in [2.05, 4.69) is 4.90 Å². The summed E-state index contributed by atoms with van der Waals surface area (Å²) >= 11 is 0. The molecule has 1 aromatic carbocycles. The van der Waals surface area contributed by atoms with Crippen molar-refractivity contribution in [3.05, 3.63) is 48.3 Å². The lowest BCUT2D eigenvalue weighted by Crippen LogP contribution is -2.37. The van der Waals surface area contributed by atoms with E-state index in [4.69, 9.17) is 4.74 Å². The summed E-state index contributed by atoms with van der Waals surface area (Å²) in [6.45, 7) is 1.75. The molecule has 0 amide bonds. The highest BCUT2D eigenvalue weighted by molar-refractivity contribution is 5.98. The maximum absolute atomic E-state index is 12.3. The van der Waals surface area contributed by atoms with Gasteiger partial charge in [0.1, 0.15) is 12.4 Å². The Balaban J connectivity index is 1.82. The Bertz CT molecular complexity index is 604. The number of nitrogens with zero attached hydrogens (tertiary/aromatic N) is 2. The molecule has 1 aliphatic rings. The fourth-order valence-electron chi connectivity index (χ4n) is 2.40. The highest BCUT2D eigenvalue weighted by atomic mass is 16.5. The van der Waals surface area contributed by atoms with Gasteiger partial charge in [0.15, 0.2) is 5.78 Å². The topological polar surface area (TPSA) is 34.5 Å². The average Bonchev–Trinajstić information content (AvgIpc) is 2.85. The molecule has 19 heavy (non-hydrogen) atoms. The van der Waals surface area contributed by atoms with Gasteiger partial charge in [0.2, 0.25) is 0 Å². The molecule has 0 spiro atoms. The van der Waals surface area contributed by atoms with Crippen molar-refractivity contribution in [1.82, 2.24) is 4.57 Å². The number of aryl methyl sites for hydroxylation is 1. The maximum Gasteiger partial charge on any atom is 0.198 e. The summed E-state index contributed by atoms with van der Waals surface area (Å²) in [5.41, 5.74) is 1.74. The lowest BCUT2D eigenvalue weighted by atomic mass is 10.2. The number of hydrogen-bond acceptors (Lipinski definition) is 3.